The van der Waals surface area contributed by atoms with Gasteiger partial charge >= 0.3 is 6.03 Å². The van der Waals surface area contributed by atoms with Gasteiger partial charge in [-0.15, -0.1) is 0 Å². The molecule has 108 valence electrons. The number of hydrogen-bond donors (Lipinski definition) is 2. The third kappa shape index (κ3) is 4.88. The molecule has 3 nitrogen and oxygen atoms in total. The van der Waals surface area contributed by atoms with Crippen LogP contribution >= 0.6 is 0 Å². The molecule has 0 spiro atoms. The molecule has 2 rings (SSSR count). The highest BCUT2D eigenvalue weighted by atomic mass is 16.2. The molecule has 0 radical (unpaired) electrons. The number of hydrogen-bond acceptors (Lipinski definition) is 1. The van der Waals surface area contributed by atoms with Crippen molar-refractivity contribution in [3.8, 4) is 0 Å². The van der Waals surface area contributed by atoms with Gasteiger partial charge in [-0.3, -0.25) is 0 Å². The maximum Gasteiger partial charge on any atom is 0.318 e. The highest BCUT2D eigenvalue weighted by molar-refractivity contribution is 5.75. The minimum atomic E-state index is -0.0363. The molecule has 0 bridgehead atoms. The van der Waals surface area contributed by atoms with Crippen molar-refractivity contribution in [2.75, 3.05) is 0 Å². The molecular weight excluding hydrogens is 236 g/mol. The summed E-state index contributed by atoms with van der Waals surface area (Å²) in [5, 5.41) is 5.97. The van der Waals surface area contributed by atoms with Crippen molar-refractivity contribution in [2.24, 2.45) is 11.8 Å². The maximum absolute atomic E-state index is 11.8. The zero-order valence-corrected chi connectivity index (χ0v) is 12.2. The van der Waals surface area contributed by atoms with E-state index < -0.39 is 0 Å². The zero-order chi connectivity index (χ0) is 13.5. The minimum absolute atomic E-state index is 0.0363. The number of allylic oxidation sites excluding steroid dienone is 1. The van der Waals surface area contributed by atoms with Crippen LogP contribution in [0.2, 0.25) is 0 Å². The number of urea groups is 1. The molecule has 2 aliphatic rings. The Morgan fingerprint density at radius 3 is 2.42 bits per heavy atom. The van der Waals surface area contributed by atoms with E-state index in [2.05, 4.69) is 23.6 Å². The Balaban J connectivity index is 1.67. The topological polar surface area (TPSA) is 41.1 Å². The lowest BCUT2D eigenvalue weighted by Crippen LogP contribution is -2.44. The van der Waals surface area contributed by atoms with Crippen LogP contribution in [0.4, 0.5) is 4.79 Å². The van der Waals surface area contributed by atoms with Crippen molar-refractivity contribution < 1.29 is 4.79 Å². The largest absolute Gasteiger partial charge is 0.335 e. The van der Waals surface area contributed by atoms with Crippen LogP contribution in [0.5, 0.6) is 0 Å². The number of carbonyl (C=O) groups is 1. The lowest BCUT2D eigenvalue weighted by atomic mass is 9.86. The molecule has 0 saturated heterocycles. The van der Waals surface area contributed by atoms with Crippen molar-refractivity contribution in [2.45, 2.75) is 70.8 Å². The molecule has 3 heteroatoms. The van der Waals surface area contributed by atoms with E-state index in [1.54, 1.807) is 0 Å². The number of amides is 2. The molecule has 19 heavy (non-hydrogen) atoms. The predicted octanol–water partition coefficient (Wildman–Crippen LogP) is 3.96. The summed E-state index contributed by atoms with van der Waals surface area (Å²) in [6.07, 6.45) is 15.5. The summed E-state index contributed by atoms with van der Waals surface area (Å²) >= 11 is 0. The summed E-state index contributed by atoms with van der Waals surface area (Å²) in [4.78, 5) is 11.8. The summed E-state index contributed by atoms with van der Waals surface area (Å²) in [5.74, 6) is 1.28. The summed E-state index contributed by atoms with van der Waals surface area (Å²) in [6, 6.07) is 0.322. The molecule has 2 amide bonds. The van der Waals surface area contributed by atoms with Gasteiger partial charge in [0, 0.05) is 12.2 Å². The Morgan fingerprint density at radius 2 is 1.68 bits per heavy atom. The first-order valence-electron chi connectivity index (χ1n) is 7.99. The maximum atomic E-state index is 11.8. The van der Waals surface area contributed by atoms with E-state index in [9.17, 15) is 4.79 Å². The fraction of sp³-hybridized carbons (Fsp3) is 0.812. The van der Waals surface area contributed by atoms with Gasteiger partial charge in [0.2, 0.25) is 0 Å². The second-order valence-corrected chi connectivity index (χ2v) is 6.24. The van der Waals surface area contributed by atoms with Crippen molar-refractivity contribution in [3.63, 3.8) is 0 Å². The van der Waals surface area contributed by atoms with Crippen LogP contribution in [0.15, 0.2) is 12.3 Å². The van der Waals surface area contributed by atoms with Gasteiger partial charge in [0.25, 0.3) is 0 Å². The molecule has 2 atom stereocenters. The first-order chi connectivity index (χ1) is 9.25. The monoisotopic (exact) mass is 264 g/mol. The van der Waals surface area contributed by atoms with Crippen LogP contribution in [-0.4, -0.2) is 12.1 Å². The Bertz CT molecular complexity index is 308. The lowest BCUT2D eigenvalue weighted by molar-refractivity contribution is 0.225. The fourth-order valence-corrected chi connectivity index (χ4v) is 3.33. The van der Waals surface area contributed by atoms with Crippen LogP contribution in [0.25, 0.3) is 0 Å². The first-order valence-corrected chi connectivity index (χ1v) is 7.99. The second-order valence-electron chi connectivity index (χ2n) is 6.24. The van der Waals surface area contributed by atoms with Crippen molar-refractivity contribution in [1.82, 2.24) is 10.6 Å². The van der Waals surface area contributed by atoms with E-state index in [1.165, 1.54) is 51.4 Å². The highest BCUT2D eigenvalue weighted by Crippen LogP contribution is 2.24. The van der Waals surface area contributed by atoms with Crippen LogP contribution < -0.4 is 10.6 Å². The van der Waals surface area contributed by atoms with Gasteiger partial charge < -0.3 is 10.6 Å². The number of nitrogens with one attached hydrogen (secondary N) is 2. The Labute approximate surface area is 117 Å². The van der Waals surface area contributed by atoms with E-state index in [1.807, 2.05) is 6.20 Å². The second kappa shape index (κ2) is 7.56. The highest BCUT2D eigenvalue weighted by Gasteiger charge is 2.22. The van der Waals surface area contributed by atoms with Gasteiger partial charge in [0.15, 0.2) is 0 Å². The molecule has 2 unspecified atom stereocenters. The van der Waals surface area contributed by atoms with E-state index in [0.29, 0.717) is 17.9 Å². The molecule has 2 saturated carbocycles. The lowest BCUT2D eigenvalue weighted by Gasteiger charge is -2.29. The summed E-state index contributed by atoms with van der Waals surface area (Å²) in [6.45, 7) is 2.24. The number of carbonyl (C=O) groups excluding carboxylic acids is 1. The van der Waals surface area contributed by atoms with Gasteiger partial charge in [-0.1, -0.05) is 45.1 Å². The van der Waals surface area contributed by atoms with Crippen molar-refractivity contribution in [3.05, 3.63) is 12.3 Å². The van der Waals surface area contributed by atoms with Crippen molar-refractivity contribution >= 4 is 6.03 Å². The van der Waals surface area contributed by atoms with Gasteiger partial charge in [-0.25, -0.2) is 4.79 Å². The molecular formula is C16H28N2O. The average Bonchev–Trinajstić information content (AvgIpc) is 2.43. The fourth-order valence-electron chi connectivity index (χ4n) is 3.33. The molecule has 2 aliphatic carbocycles. The van der Waals surface area contributed by atoms with Gasteiger partial charge in [-0.2, -0.15) is 0 Å². The normalized spacial score (nSPS) is 29.3. The average molecular weight is 264 g/mol. The van der Waals surface area contributed by atoms with E-state index in [4.69, 9.17) is 0 Å². The summed E-state index contributed by atoms with van der Waals surface area (Å²) in [5.41, 5.74) is 0. The number of rotatable bonds is 3. The molecule has 0 aromatic carbocycles. The molecule has 2 fully saturated rings. The third-order valence-corrected chi connectivity index (χ3v) is 4.66. The first kappa shape index (κ1) is 14.4. The van der Waals surface area contributed by atoms with Crippen LogP contribution in [-0.2, 0) is 0 Å². The molecule has 0 aliphatic heterocycles. The Hall–Kier alpha value is -0.990. The molecule has 0 heterocycles. The molecule has 2 N–H and O–H groups in total. The van der Waals surface area contributed by atoms with Crippen LogP contribution in [0.3, 0.4) is 0 Å². The Kier molecular flexibility index (Phi) is 5.74. The van der Waals surface area contributed by atoms with E-state index in [0.717, 1.165) is 6.42 Å². The smallest absolute Gasteiger partial charge is 0.318 e. The Morgan fingerprint density at radius 1 is 1.00 bits per heavy atom. The van der Waals surface area contributed by atoms with Crippen LogP contribution in [0, 0.1) is 11.8 Å². The van der Waals surface area contributed by atoms with E-state index in [-0.39, 0.29) is 6.03 Å². The van der Waals surface area contributed by atoms with Gasteiger partial charge in [0.05, 0.1) is 0 Å². The summed E-state index contributed by atoms with van der Waals surface area (Å²) < 4.78 is 0. The quantitative estimate of drug-likeness (QED) is 0.796. The SMILES string of the molecule is CC1CCCCC1NC(=O)N/C=C/C1CCCCC1. The van der Waals surface area contributed by atoms with E-state index >= 15 is 0 Å². The van der Waals surface area contributed by atoms with Gasteiger partial charge in [-0.05, 0) is 37.5 Å². The van der Waals surface area contributed by atoms with Crippen LogP contribution in [0.1, 0.15) is 64.7 Å². The minimum Gasteiger partial charge on any atom is -0.335 e. The third-order valence-electron chi connectivity index (χ3n) is 4.66. The standard InChI is InChI=1S/C16H28N2O/c1-13-7-5-6-10-15(13)18-16(19)17-12-11-14-8-3-2-4-9-14/h11-15H,2-10H2,1H3,(H2,17,18,19)/b12-11+. The van der Waals surface area contributed by atoms with Gasteiger partial charge in [0.1, 0.15) is 0 Å². The van der Waals surface area contributed by atoms with Crippen molar-refractivity contribution in [1.29, 1.82) is 0 Å². The molecule has 0 aromatic heterocycles. The molecule has 0 aromatic rings. The zero-order valence-electron chi connectivity index (χ0n) is 12.2. The predicted molar refractivity (Wildman–Crippen MR) is 78.8 cm³/mol. The summed E-state index contributed by atoms with van der Waals surface area (Å²) in [7, 11) is 0.